The Bertz CT molecular complexity index is 1350. The average Bonchev–Trinajstić information content (AvgIpc) is 3.00. The molecule has 3 aromatic rings. The van der Waals surface area contributed by atoms with Crippen molar-refractivity contribution in [3.8, 4) is 11.1 Å². The molecule has 1 aliphatic heterocycles. The predicted octanol–water partition coefficient (Wildman–Crippen LogP) is 6.11. The molecule has 1 atom stereocenters. The zero-order valence-electron chi connectivity index (χ0n) is 20.1. The maximum Gasteiger partial charge on any atom is 0.417 e. The molecule has 0 unspecified atom stereocenters. The van der Waals surface area contributed by atoms with Gasteiger partial charge in [-0.15, -0.1) is 0 Å². The summed E-state index contributed by atoms with van der Waals surface area (Å²) in [7, 11) is -3.69. The Morgan fingerprint density at radius 2 is 1.71 bits per heavy atom. The van der Waals surface area contributed by atoms with Crippen molar-refractivity contribution in [3.63, 3.8) is 0 Å². The minimum atomic E-state index is -4.64. The molecular formula is C25H29F4N3O2S. The van der Waals surface area contributed by atoms with Crippen molar-refractivity contribution in [2.75, 3.05) is 13.1 Å². The number of benzene rings is 2. The van der Waals surface area contributed by atoms with Crippen LogP contribution >= 0.6 is 0 Å². The summed E-state index contributed by atoms with van der Waals surface area (Å²) >= 11 is 0. The van der Waals surface area contributed by atoms with Gasteiger partial charge < -0.3 is 4.57 Å². The van der Waals surface area contributed by atoms with Crippen LogP contribution in [-0.2, 0) is 22.9 Å². The molecule has 0 radical (unpaired) electrons. The third-order valence-corrected chi connectivity index (χ3v) is 7.81. The molecule has 0 amide bonds. The van der Waals surface area contributed by atoms with Gasteiger partial charge in [0.1, 0.15) is 5.82 Å². The summed E-state index contributed by atoms with van der Waals surface area (Å²) in [5.41, 5.74) is -0.401. The summed E-state index contributed by atoms with van der Waals surface area (Å²) in [5, 5.41) is 0.457. The molecular weight excluding hydrogens is 482 g/mol. The number of nitrogens with zero attached hydrogens (tertiary/aromatic N) is 2. The summed E-state index contributed by atoms with van der Waals surface area (Å²) in [6.07, 6.45) is -2.08. The Kier molecular flexibility index (Phi) is 6.53. The van der Waals surface area contributed by atoms with E-state index >= 15 is 4.39 Å². The molecule has 1 N–H and O–H groups in total. The first-order chi connectivity index (χ1) is 16.2. The van der Waals surface area contributed by atoms with Crippen molar-refractivity contribution in [3.05, 3.63) is 59.5 Å². The Hall–Kier alpha value is -2.43. The monoisotopic (exact) mass is 511 g/mol. The fourth-order valence-electron chi connectivity index (χ4n) is 4.39. The van der Waals surface area contributed by atoms with Gasteiger partial charge in [-0.2, -0.15) is 30.6 Å². The fraction of sp³-hybridized carbons (Fsp3) is 0.440. The van der Waals surface area contributed by atoms with Gasteiger partial charge in [-0.3, -0.25) is 0 Å². The predicted molar refractivity (Wildman–Crippen MR) is 128 cm³/mol. The third-order valence-electron chi connectivity index (χ3n) is 6.12. The van der Waals surface area contributed by atoms with Crippen LogP contribution in [0.4, 0.5) is 17.6 Å². The molecule has 10 heteroatoms. The lowest BCUT2D eigenvalue weighted by Gasteiger charge is -2.31. The molecule has 4 rings (SSSR count). The molecule has 2 aromatic carbocycles. The maximum atomic E-state index is 15.4. The summed E-state index contributed by atoms with van der Waals surface area (Å²) in [6, 6.07) is 6.88. The molecule has 190 valence electrons. The second kappa shape index (κ2) is 8.90. The maximum absolute atomic E-state index is 15.4. The van der Waals surface area contributed by atoms with Gasteiger partial charge in [0, 0.05) is 48.3 Å². The van der Waals surface area contributed by atoms with Crippen molar-refractivity contribution in [1.29, 1.82) is 0 Å². The lowest BCUT2D eigenvalue weighted by molar-refractivity contribution is -0.137. The van der Waals surface area contributed by atoms with Crippen molar-refractivity contribution >= 4 is 21.1 Å². The molecule has 0 saturated carbocycles. The molecule has 35 heavy (non-hydrogen) atoms. The second-order valence-electron chi connectivity index (χ2n) is 10.3. The van der Waals surface area contributed by atoms with Crippen molar-refractivity contribution in [2.24, 2.45) is 5.41 Å². The summed E-state index contributed by atoms with van der Waals surface area (Å²) < 4.78 is 87.4. The van der Waals surface area contributed by atoms with E-state index in [4.69, 9.17) is 0 Å². The smallest absolute Gasteiger partial charge is 0.347 e. The zero-order valence-corrected chi connectivity index (χ0v) is 20.9. The fourth-order valence-corrected chi connectivity index (χ4v) is 5.85. The summed E-state index contributed by atoms with van der Waals surface area (Å²) in [5.74, 6) is -0.804. The average molecular weight is 512 g/mol. The minimum Gasteiger partial charge on any atom is -0.347 e. The molecule has 5 nitrogen and oxygen atoms in total. The van der Waals surface area contributed by atoms with Gasteiger partial charge in [0.05, 0.1) is 5.56 Å². The number of rotatable bonds is 6. The number of hydrogen-bond acceptors (Lipinski definition) is 2. The van der Waals surface area contributed by atoms with Gasteiger partial charge >= 0.3 is 6.18 Å². The molecule has 1 aliphatic rings. The number of aromatic nitrogens is 1. The van der Waals surface area contributed by atoms with Gasteiger partial charge in [0.2, 0.25) is 0 Å². The van der Waals surface area contributed by atoms with Crippen LogP contribution in [0.5, 0.6) is 0 Å². The molecule has 1 fully saturated rings. The zero-order chi connectivity index (χ0) is 25.8. The molecule has 0 spiro atoms. The summed E-state index contributed by atoms with van der Waals surface area (Å²) in [4.78, 5) is 0. The van der Waals surface area contributed by atoms with E-state index in [0.29, 0.717) is 36.1 Å². The van der Waals surface area contributed by atoms with E-state index in [9.17, 15) is 21.6 Å². The number of fused-ring (bicyclic) bond motifs is 1. The number of hydrogen-bond donors (Lipinski definition) is 1. The van der Waals surface area contributed by atoms with E-state index in [1.165, 1.54) is 34.6 Å². The molecule has 0 bridgehead atoms. The number of halogens is 4. The van der Waals surface area contributed by atoms with E-state index < -0.39 is 33.8 Å². The standard InChI is InChI=1S/C25H29F4N3O2S/c1-16(30-35(33,34)32-10-7-11-32)20-14-31(15-24(2,3)4)23-13-18(22(26)12-19(20)23)17-8-5-6-9-21(17)25(27,28)29/h5-6,8-9,12-14,16,30H,7,10-11,15H2,1-4H3/t16-/m1/s1. The topological polar surface area (TPSA) is 54.3 Å². The van der Waals surface area contributed by atoms with Gasteiger partial charge in [0.25, 0.3) is 10.2 Å². The van der Waals surface area contributed by atoms with Crippen LogP contribution in [0.1, 0.15) is 51.3 Å². The van der Waals surface area contributed by atoms with Crippen LogP contribution in [0.15, 0.2) is 42.6 Å². The van der Waals surface area contributed by atoms with Crippen LogP contribution in [0, 0.1) is 11.2 Å². The van der Waals surface area contributed by atoms with Crippen LogP contribution in [0.2, 0.25) is 0 Å². The molecule has 2 heterocycles. The first kappa shape index (κ1) is 25.7. The highest BCUT2D eigenvalue weighted by Gasteiger charge is 2.34. The minimum absolute atomic E-state index is 0.154. The number of nitrogens with one attached hydrogen (secondary N) is 1. The Labute approximate surface area is 202 Å². The van der Waals surface area contributed by atoms with Gasteiger partial charge in [-0.25, -0.2) is 4.39 Å². The second-order valence-corrected chi connectivity index (χ2v) is 12.0. The van der Waals surface area contributed by atoms with Crippen molar-refractivity contribution in [1.82, 2.24) is 13.6 Å². The highest BCUT2D eigenvalue weighted by atomic mass is 32.2. The van der Waals surface area contributed by atoms with E-state index in [0.717, 1.165) is 12.5 Å². The van der Waals surface area contributed by atoms with E-state index in [1.807, 2.05) is 25.3 Å². The lowest BCUT2D eigenvalue weighted by Crippen LogP contribution is -2.48. The van der Waals surface area contributed by atoms with E-state index in [1.54, 1.807) is 13.1 Å². The molecule has 1 aromatic heterocycles. The largest absolute Gasteiger partial charge is 0.417 e. The Morgan fingerprint density at radius 3 is 2.29 bits per heavy atom. The lowest BCUT2D eigenvalue weighted by atomic mass is 9.96. The quantitative estimate of drug-likeness (QED) is 0.406. The van der Waals surface area contributed by atoms with E-state index in [-0.39, 0.29) is 16.5 Å². The van der Waals surface area contributed by atoms with Gasteiger partial charge in [-0.1, -0.05) is 39.0 Å². The normalized spacial score (nSPS) is 16.5. The van der Waals surface area contributed by atoms with E-state index in [2.05, 4.69) is 4.72 Å². The third kappa shape index (κ3) is 5.24. The van der Waals surface area contributed by atoms with Gasteiger partial charge in [0.15, 0.2) is 0 Å². The van der Waals surface area contributed by atoms with Crippen molar-refractivity contribution in [2.45, 2.75) is 52.9 Å². The first-order valence-corrected chi connectivity index (χ1v) is 12.9. The van der Waals surface area contributed by atoms with Crippen LogP contribution in [0.3, 0.4) is 0 Å². The van der Waals surface area contributed by atoms with Crippen molar-refractivity contribution < 1.29 is 26.0 Å². The SMILES string of the molecule is C[C@@H](NS(=O)(=O)N1CCC1)c1cn(CC(C)(C)C)c2cc(-c3ccccc3C(F)(F)F)c(F)cc12. The Morgan fingerprint density at radius 1 is 1.06 bits per heavy atom. The summed E-state index contributed by atoms with van der Waals surface area (Å²) in [6.45, 7) is 9.11. The highest BCUT2D eigenvalue weighted by Crippen LogP contribution is 2.40. The number of alkyl halides is 3. The van der Waals surface area contributed by atoms with Gasteiger partial charge in [-0.05, 0) is 48.1 Å². The Balaban J connectivity index is 1.87. The first-order valence-electron chi connectivity index (χ1n) is 11.4. The molecule has 0 aliphatic carbocycles. The van der Waals surface area contributed by atoms with Crippen LogP contribution in [-0.4, -0.2) is 30.4 Å². The van der Waals surface area contributed by atoms with Crippen LogP contribution < -0.4 is 4.72 Å². The highest BCUT2D eigenvalue weighted by molar-refractivity contribution is 7.87. The molecule has 1 saturated heterocycles. The van der Waals surface area contributed by atoms with Crippen LogP contribution in [0.25, 0.3) is 22.0 Å².